The molecule has 0 bridgehead atoms. The van der Waals surface area contributed by atoms with E-state index in [0.29, 0.717) is 0 Å². The van der Waals surface area contributed by atoms with E-state index in [0.717, 1.165) is 6.07 Å². The van der Waals surface area contributed by atoms with E-state index in [1.165, 1.54) is 42.5 Å². The van der Waals surface area contributed by atoms with Gasteiger partial charge in [0, 0.05) is 21.7 Å². The van der Waals surface area contributed by atoms with Gasteiger partial charge in [0.25, 0.3) is 10.1 Å². The van der Waals surface area contributed by atoms with Gasteiger partial charge in [-0.1, -0.05) is 82.8 Å². The largest absolute Gasteiger partial charge is 0.508 e. The monoisotopic (exact) mass is 492 g/mol. The molecule has 3 rings (SSSR count). The molecule has 10 heteroatoms. The van der Waals surface area contributed by atoms with Gasteiger partial charge >= 0.3 is 0 Å². The summed E-state index contributed by atoms with van der Waals surface area (Å²) in [5, 5.41) is 19.7. The van der Waals surface area contributed by atoms with E-state index >= 15 is 0 Å². The van der Waals surface area contributed by atoms with Crippen LogP contribution in [0.25, 0.3) is 0 Å². The highest BCUT2D eigenvalue weighted by atomic mass is 35.5. The number of benzene rings is 3. The Morgan fingerprint density at radius 3 is 1.79 bits per heavy atom. The molecule has 0 aliphatic rings. The number of phenolic OH excluding ortho intramolecular Hbond substituents is 2. The fraction of sp³-hybridized carbons (Fsp3) is 0.0526. The molecule has 3 N–H and O–H groups in total. The van der Waals surface area contributed by atoms with Crippen molar-refractivity contribution in [1.29, 1.82) is 0 Å². The average Bonchev–Trinajstić information content (AvgIpc) is 2.66. The second kappa shape index (κ2) is 7.87. The summed E-state index contributed by atoms with van der Waals surface area (Å²) in [5.41, 5.74) is -0.719. The molecule has 3 aromatic rings. The van der Waals surface area contributed by atoms with Crippen molar-refractivity contribution in [3.8, 4) is 11.5 Å². The maximum atomic E-state index is 13.0. The normalized spacial score (nSPS) is 13.8. The maximum Gasteiger partial charge on any atom is 0.283 e. The zero-order valence-electron chi connectivity index (χ0n) is 14.3. The minimum Gasteiger partial charge on any atom is -0.508 e. The highest BCUT2D eigenvalue weighted by Crippen LogP contribution is 2.54. The highest BCUT2D eigenvalue weighted by Gasteiger charge is 2.52. The van der Waals surface area contributed by atoms with Crippen molar-refractivity contribution >= 4 is 56.5 Å². The van der Waals surface area contributed by atoms with Gasteiger partial charge < -0.3 is 10.2 Å². The summed E-state index contributed by atoms with van der Waals surface area (Å²) in [4.78, 5) is 0. The van der Waals surface area contributed by atoms with Crippen molar-refractivity contribution in [2.75, 3.05) is 0 Å². The van der Waals surface area contributed by atoms with Crippen molar-refractivity contribution in [3.63, 3.8) is 0 Å². The second-order valence-corrected chi connectivity index (χ2v) is 9.14. The maximum absolute atomic E-state index is 13.0. The molecule has 152 valence electrons. The summed E-state index contributed by atoms with van der Waals surface area (Å²) in [6.07, 6.45) is 0. The van der Waals surface area contributed by atoms with Crippen LogP contribution in [0.5, 0.6) is 11.5 Å². The number of hydrogen-bond donors (Lipinski definition) is 3. The van der Waals surface area contributed by atoms with E-state index in [9.17, 15) is 23.2 Å². The van der Waals surface area contributed by atoms with Gasteiger partial charge in [-0.25, -0.2) is 0 Å². The first-order valence-corrected chi connectivity index (χ1v) is 10.9. The molecular weight excluding hydrogens is 482 g/mol. The molecular formula is C19H12Cl4O5S. The molecule has 0 amide bonds. The Kier molecular flexibility index (Phi) is 5.98. The zero-order valence-corrected chi connectivity index (χ0v) is 18.1. The molecule has 1 unspecified atom stereocenters. The minimum absolute atomic E-state index is 0.0463. The third kappa shape index (κ3) is 3.44. The molecule has 0 aliphatic carbocycles. The molecule has 5 nitrogen and oxygen atoms in total. The lowest BCUT2D eigenvalue weighted by molar-refractivity contribution is 0.439. The number of phenols is 2. The topological polar surface area (TPSA) is 94.8 Å². The Bertz CT molecular complexity index is 1170. The van der Waals surface area contributed by atoms with Gasteiger partial charge in [-0.3, -0.25) is 4.55 Å². The lowest BCUT2D eigenvalue weighted by Crippen LogP contribution is -2.39. The van der Waals surface area contributed by atoms with Gasteiger partial charge in [0.1, 0.15) is 16.5 Å². The Morgan fingerprint density at radius 1 is 0.690 bits per heavy atom. The van der Waals surface area contributed by atoms with Crippen LogP contribution in [0.1, 0.15) is 16.7 Å². The van der Waals surface area contributed by atoms with Crippen LogP contribution in [0.2, 0.25) is 20.1 Å². The molecule has 1 atom stereocenters. The van der Waals surface area contributed by atoms with Crippen LogP contribution >= 0.6 is 46.4 Å². The molecule has 29 heavy (non-hydrogen) atoms. The molecule has 0 spiro atoms. The van der Waals surface area contributed by atoms with Gasteiger partial charge in [0.15, 0.2) is 4.75 Å². The second-order valence-electron chi connectivity index (χ2n) is 6.04. The van der Waals surface area contributed by atoms with Gasteiger partial charge in [-0.05, 0) is 18.2 Å². The zero-order chi connectivity index (χ0) is 21.6. The Balaban J connectivity index is 2.67. The van der Waals surface area contributed by atoms with Crippen molar-refractivity contribution in [1.82, 2.24) is 0 Å². The molecule has 0 saturated heterocycles. The van der Waals surface area contributed by atoms with E-state index in [1.807, 2.05) is 0 Å². The summed E-state index contributed by atoms with van der Waals surface area (Å²) in [6.45, 7) is 0. The first kappa shape index (κ1) is 22.0. The average molecular weight is 494 g/mol. The van der Waals surface area contributed by atoms with Crippen molar-refractivity contribution < 1.29 is 23.2 Å². The summed E-state index contributed by atoms with van der Waals surface area (Å²) >= 11 is 24.7. The summed E-state index contributed by atoms with van der Waals surface area (Å²) < 4.78 is 33.9. The number of rotatable bonds is 4. The van der Waals surface area contributed by atoms with E-state index < -0.39 is 26.4 Å². The first-order valence-electron chi connectivity index (χ1n) is 7.91. The predicted molar refractivity (Wildman–Crippen MR) is 114 cm³/mol. The van der Waals surface area contributed by atoms with E-state index in [4.69, 9.17) is 46.4 Å². The molecule has 0 saturated carbocycles. The van der Waals surface area contributed by atoms with Crippen molar-refractivity contribution in [2.45, 2.75) is 4.75 Å². The van der Waals surface area contributed by atoms with Crippen LogP contribution in [0.3, 0.4) is 0 Å². The first-order chi connectivity index (χ1) is 13.5. The van der Waals surface area contributed by atoms with Gasteiger partial charge in [-0.15, -0.1) is 0 Å². The number of para-hydroxylation sites is 1. The number of aromatic hydroxyl groups is 2. The van der Waals surface area contributed by atoms with Crippen LogP contribution in [0.4, 0.5) is 0 Å². The van der Waals surface area contributed by atoms with E-state index in [-0.39, 0.29) is 36.8 Å². The van der Waals surface area contributed by atoms with Crippen LogP contribution in [-0.4, -0.2) is 23.2 Å². The summed E-state index contributed by atoms with van der Waals surface area (Å²) in [6, 6.07) is 12.2. The lowest BCUT2D eigenvalue weighted by Gasteiger charge is -2.34. The van der Waals surface area contributed by atoms with E-state index in [2.05, 4.69) is 0 Å². The smallest absolute Gasteiger partial charge is 0.283 e. The minimum atomic E-state index is -5.14. The summed E-state index contributed by atoms with van der Waals surface area (Å²) in [7, 11) is -5.14. The van der Waals surface area contributed by atoms with E-state index in [1.54, 1.807) is 6.07 Å². The Morgan fingerprint density at radius 2 is 1.24 bits per heavy atom. The fourth-order valence-corrected chi connectivity index (χ4v) is 5.64. The third-order valence-corrected chi connectivity index (χ3v) is 7.54. The highest BCUT2D eigenvalue weighted by molar-refractivity contribution is 7.87. The van der Waals surface area contributed by atoms with Crippen molar-refractivity contribution in [3.05, 3.63) is 91.4 Å². The number of hydrogen-bond acceptors (Lipinski definition) is 4. The number of halogens is 4. The Hall–Kier alpha value is -1.67. The van der Waals surface area contributed by atoms with Crippen LogP contribution < -0.4 is 0 Å². The van der Waals surface area contributed by atoms with Gasteiger partial charge in [0.2, 0.25) is 0 Å². The van der Waals surface area contributed by atoms with Crippen LogP contribution in [0, 0.1) is 0 Å². The van der Waals surface area contributed by atoms with Gasteiger partial charge in [-0.2, -0.15) is 8.42 Å². The van der Waals surface area contributed by atoms with Crippen molar-refractivity contribution in [2.24, 2.45) is 0 Å². The fourth-order valence-electron chi connectivity index (χ4n) is 3.22. The molecule has 0 heterocycles. The molecule has 0 aromatic heterocycles. The summed E-state index contributed by atoms with van der Waals surface area (Å²) in [5.74, 6) is -1.04. The Labute approximate surface area is 186 Å². The molecule has 0 radical (unpaired) electrons. The molecule has 0 aliphatic heterocycles. The molecule has 3 aromatic carbocycles. The standard InChI is InChI=1S/C19H12Cl4O5S/c20-13-7-3-1-5-10(13)19(29(26,27)28,11-6-2-4-8-14(11)24)12-9-15(25)17(22)18(23)16(12)21/h1-9,24-25H,(H,26,27,28). The SMILES string of the molecule is O=S(=O)(O)C(c1ccccc1O)(c1ccccc1Cl)c1cc(O)c(Cl)c(Cl)c1Cl. The quantitative estimate of drug-likeness (QED) is 0.239. The third-order valence-electron chi connectivity index (χ3n) is 4.43. The lowest BCUT2D eigenvalue weighted by atomic mass is 9.83. The van der Waals surface area contributed by atoms with Crippen LogP contribution in [0.15, 0.2) is 54.6 Å². The molecule has 0 fully saturated rings. The van der Waals surface area contributed by atoms with Crippen LogP contribution in [-0.2, 0) is 14.9 Å². The predicted octanol–water partition coefficient (Wildman–Crippen LogP) is 5.89. The van der Waals surface area contributed by atoms with Gasteiger partial charge in [0.05, 0.1) is 10.0 Å².